The average Bonchev–Trinajstić information content (AvgIpc) is 2.81. The zero-order chi connectivity index (χ0) is 15.9. The van der Waals surface area contributed by atoms with E-state index >= 15 is 0 Å². The van der Waals surface area contributed by atoms with Crippen LogP contribution in [0.15, 0.2) is 11.6 Å². The highest BCUT2D eigenvalue weighted by Gasteiger charge is 2.55. The van der Waals surface area contributed by atoms with Crippen molar-refractivity contribution < 1.29 is 19.1 Å². The fourth-order valence-corrected chi connectivity index (χ4v) is 2.61. The van der Waals surface area contributed by atoms with Crippen molar-refractivity contribution in [1.82, 2.24) is 0 Å². The van der Waals surface area contributed by atoms with Crippen molar-refractivity contribution in [3.8, 4) is 12.1 Å². The third-order valence-corrected chi connectivity index (χ3v) is 3.55. The molecule has 0 amide bonds. The predicted molar refractivity (Wildman–Crippen MR) is 72.3 cm³/mol. The number of hydrogen-bond acceptors (Lipinski definition) is 6. The molecule has 0 aromatic rings. The molecule has 1 fully saturated rings. The van der Waals surface area contributed by atoms with Crippen molar-refractivity contribution in [2.75, 3.05) is 13.2 Å². The molecule has 0 spiro atoms. The zero-order valence-corrected chi connectivity index (χ0v) is 12.2. The average molecular weight is 290 g/mol. The third kappa shape index (κ3) is 3.41. The first-order chi connectivity index (χ1) is 10.1. The SMILES string of the molecule is CCOC(=O)C1(C(=O)OCC)C/C(=C\C#N)C(CC#N)C1. The van der Waals surface area contributed by atoms with E-state index in [0.717, 1.165) is 0 Å². The molecule has 1 atom stereocenters. The van der Waals surface area contributed by atoms with Gasteiger partial charge in [0.05, 0.1) is 25.4 Å². The molecule has 0 heterocycles. The molecule has 112 valence electrons. The van der Waals surface area contributed by atoms with E-state index in [9.17, 15) is 9.59 Å². The minimum Gasteiger partial charge on any atom is -0.465 e. The second-order valence-corrected chi connectivity index (χ2v) is 4.81. The molecule has 0 N–H and O–H groups in total. The number of carbonyl (C=O) groups excluding carboxylic acids is 2. The number of ether oxygens (including phenoxy) is 2. The molecule has 1 saturated carbocycles. The Morgan fingerprint density at radius 1 is 1.29 bits per heavy atom. The van der Waals surface area contributed by atoms with E-state index in [1.54, 1.807) is 13.8 Å². The standard InChI is InChI=1S/C15H18N2O4/c1-3-20-13(18)15(14(19)21-4-2)9-11(5-7-16)12(10-15)6-8-17/h5,12H,3-4,6,9-10H2,1-2H3/b11-5+. The van der Waals surface area contributed by atoms with Crippen molar-refractivity contribution in [1.29, 1.82) is 10.5 Å². The van der Waals surface area contributed by atoms with Crippen LogP contribution in [0, 0.1) is 34.0 Å². The summed E-state index contributed by atoms with van der Waals surface area (Å²) in [6, 6.07) is 3.93. The Balaban J connectivity index is 3.18. The highest BCUT2D eigenvalue weighted by atomic mass is 16.6. The summed E-state index contributed by atoms with van der Waals surface area (Å²) in [7, 11) is 0. The Morgan fingerprint density at radius 3 is 2.29 bits per heavy atom. The van der Waals surface area contributed by atoms with Gasteiger partial charge in [0.2, 0.25) is 0 Å². The van der Waals surface area contributed by atoms with Crippen LogP contribution >= 0.6 is 0 Å². The van der Waals surface area contributed by atoms with Crippen LogP contribution in [0.25, 0.3) is 0 Å². The number of nitriles is 2. The normalized spacial score (nSPS) is 21.3. The second kappa shape index (κ2) is 7.44. The topological polar surface area (TPSA) is 100 Å². The third-order valence-electron chi connectivity index (χ3n) is 3.55. The van der Waals surface area contributed by atoms with Gasteiger partial charge in [0.1, 0.15) is 0 Å². The molecule has 0 aromatic heterocycles. The van der Waals surface area contributed by atoms with Gasteiger partial charge in [-0.3, -0.25) is 9.59 Å². The van der Waals surface area contributed by atoms with Crippen molar-refractivity contribution in [3.63, 3.8) is 0 Å². The Morgan fingerprint density at radius 2 is 1.86 bits per heavy atom. The maximum absolute atomic E-state index is 12.3. The summed E-state index contributed by atoms with van der Waals surface area (Å²) in [5.41, 5.74) is -0.809. The Labute approximate surface area is 123 Å². The first kappa shape index (κ1) is 16.7. The molecule has 1 rings (SSSR count). The largest absolute Gasteiger partial charge is 0.465 e. The van der Waals surface area contributed by atoms with Gasteiger partial charge >= 0.3 is 11.9 Å². The van der Waals surface area contributed by atoms with Gasteiger partial charge in [-0.15, -0.1) is 0 Å². The maximum Gasteiger partial charge on any atom is 0.323 e. The summed E-state index contributed by atoms with van der Waals surface area (Å²) in [5, 5.41) is 17.7. The van der Waals surface area contributed by atoms with Gasteiger partial charge in [-0.25, -0.2) is 0 Å². The van der Waals surface area contributed by atoms with E-state index in [1.807, 2.05) is 12.1 Å². The van der Waals surface area contributed by atoms with Crippen molar-refractivity contribution in [3.05, 3.63) is 11.6 Å². The summed E-state index contributed by atoms with van der Waals surface area (Å²) >= 11 is 0. The van der Waals surface area contributed by atoms with E-state index in [1.165, 1.54) is 6.08 Å². The molecule has 6 heteroatoms. The fourth-order valence-electron chi connectivity index (χ4n) is 2.61. The van der Waals surface area contributed by atoms with Crippen LogP contribution < -0.4 is 0 Å². The maximum atomic E-state index is 12.3. The van der Waals surface area contributed by atoms with E-state index in [4.69, 9.17) is 20.0 Å². The molecule has 0 saturated heterocycles. The molecule has 0 bridgehead atoms. The van der Waals surface area contributed by atoms with Crippen LogP contribution in [-0.2, 0) is 19.1 Å². The lowest BCUT2D eigenvalue weighted by Crippen LogP contribution is -2.40. The highest BCUT2D eigenvalue weighted by molar-refractivity contribution is 6.01. The summed E-state index contributed by atoms with van der Waals surface area (Å²) in [5.74, 6) is -1.59. The lowest BCUT2D eigenvalue weighted by molar-refractivity contribution is -0.171. The van der Waals surface area contributed by atoms with Gasteiger partial charge < -0.3 is 9.47 Å². The van der Waals surface area contributed by atoms with Crippen molar-refractivity contribution >= 4 is 11.9 Å². The summed E-state index contributed by atoms with van der Waals surface area (Å²) in [6.07, 6.45) is 1.67. The molecule has 1 aliphatic carbocycles. The van der Waals surface area contributed by atoms with Crippen LogP contribution in [0.1, 0.15) is 33.1 Å². The Bertz CT molecular complexity index is 507. The van der Waals surface area contributed by atoms with Gasteiger partial charge in [0, 0.05) is 12.5 Å². The molecule has 0 aliphatic heterocycles. The van der Waals surface area contributed by atoms with Crippen LogP contribution in [0.5, 0.6) is 0 Å². The number of carbonyl (C=O) groups is 2. The lowest BCUT2D eigenvalue weighted by atomic mass is 9.85. The number of hydrogen-bond donors (Lipinski definition) is 0. The number of allylic oxidation sites excluding steroid dienone is 2. The Hall–Kier alpha value is -2.34. The van der Waals surface area contributed by atoms with Gasteiger partial charge in [-0.2, -0.15) is 10.5 Å². The summed E-state index contributed by atoms with van der Waals surface area (Å²) in [6.45, 7) is 3.62. The molecule has 1 unspecified atom stereocenters. The highest BCUT2D eigenvalue weighted by Crippen LogP contribution is 2.48. The predicted octanol–water partition coefficient (Wildman–Crippen LogP) is 1.87. The number of rotatable bonds is 5. The molecule has 6 nitrogen and oxygen atoms in total. The van der Waals surface area contributed by atoms with Gasteiger partial charge in [0.15, 0.2) is 5.41 Å². The minimum absolute atomic E-state index is 0.0740. The first-order valence-electron chi connectivity index (χ1n) is 6.85. The van der Waals surface area contributed by atoms with E-state index in [-0.39, 0.29) is 38.4 Å². The monoisotopic (exact) mass is 290 g/mol. The van der Waals surface area contributed by atoms with E-state index in [2.05, 4.69) is 0 Å². The lowest BCUT2D eigenvalue weighted by Gasteiger charge is -2.24. The molecule has 21 heavy (non-hydrogen) atoms. The smallest absolute Gasteiger partial charge is 0.323 e. The number of esters is 2. The Kier molecular flexibility index (Phi) is 5.92. The first-order valence-corrected chi connectivity index (χ1v) is 6.85. The molecular formula is C15H18N2O4. The van der Waals surface area contributed by atoms with Crippen molar-refractivity contribution in [2.24, 2.45) is 11.3 Å². The quantitative estimate of drug-likeness (QED) is 0.435. The van der Waals surface area contributed by atoms with E-state index < -0.39 is 17.4 Å². The van der Waals surface area contributed by atoms with Gasteiger partial charge in [0.25, 0.3) is 0 Å². The summed E-state index contributed by atoms with van der Waals surface area (Å²) in [4.78, 5) is 24.5. The molecule has 0 radical (unpaired) electrons. The summed E-state index contributed by atoms with van der Waals surface area (Å²) < 4.78 is 10.0. The zero-order valence-electron chi connectivity index (χ0n) is 12.2. The van der Waals surface area contributed by atoms with E-state index in [0.29, 0.717) is 5.57 Å². The molecular weight excluding hydrogens is 272 g/mol. The fraction of sp³-hybridized carbons (Fsp3) is 0.600. The van der Waals surface area contributed by atoms with Crippen LogP contribution in [0.3, 0.4) is 0 Å². The molecule has 1 aliphatic rings. The van der Waals surface area contributed by atoms with Crippen molar-refractivity contribution in [2.45, 2.75) is 33.1 Å². The van der Waals surface area contributed by atoms with Gasteiger partial charge in [-0.05, 0) is 32.6 Å². The van der Waals surface area contributed by atoms with Crippen LogP contribution in [0.4, 0.5) is 0 Å². The van der Waals surface area contributed by atoms with Crippen LogP contribution in [0.2, 0.25) is 0 Å². The molecule has 0 aromatic carbocycles. The number of nitrogens with zero attached hydrogens (tertiary/aromatic N) is 2. The second-order valence-electron chi connectivity index (χ2n) is 4.81. The van der Waals surface area contributed by atoms with Crippen LogP contribution in [-0.4, -0.2) is 25.2 Å². The van der Waals surface area contributed by atoms with Gasteiger partial charge in [-0.1, -0.05) is 5.57 Å². The minimum atomic E-state index is -1.43.